The summed E-state index contributed by atoms with van der Waals surface area (Å²) >= 11 is 7.31. The fourth-order valence-electron chi connectivity index (χ4n) is 3.02. The Morgan fingerprint density at radius 1 is 1.00 bits per heavy atom. The molecule has 0 amide bonds. The van der Waals surface area contributed by atoms with Gasteiger partial charge in [0.25, 0.3) is 0 Å². The fraction of sp³-hybridized carbons (Fsp3) is 0.190. The third-order valence-electron chi connectivity index (χ3n) is 4.47. The normalized spacial score (nSPS) is 10.7. The van der Waals surface area contributed by atoms with Crippen molar-refractivity contribution in [1.82, 2.24) is 29.7 Å². The quantitative estimate of drug-likeness (QED) is 0.287. The van der Waals surface area contributed by atoms with E-state index in [9.17, 15) is 0 Å². The molecule has 0 fully saturated rings. The van der Waals surface area contributed by atoms with Crippen molar-refractivity contribution in [3.63, 3.8) is 0 Å². The maximum atomic E-state index is 5.85. The number of halogens is 1. The number of aromatic nitrogens is 6. The van der Waals surface area contributed by atoms with Gasteiger partial charge in [0.2, 0.25) is 5.95 Å². The maximum Gasteiger partial charge on any atom is 0.239 e. The Morgan fingerprint density at radius 3 is 2.41 bits per heavy atom. The van der Waals surface area contributed by atoms with E-state index in [0.29, 0.717) is 52.0 Å². The Morgan fingerprint density at radius 2 is 1.75 bits per heavy atom. The SMILES string of the molecule is COc1cccc(OC)c1-n1c(NSCCc2ncc(Cl)cn2)nnc1-c1cccnc1. The van der Waals surface area contributed by atoms with Crippen molar-refractivity contribution in [1.29, 1.82) is 0 Å². The van der Waals surface area contributed by atoms with Gasteiger partial charge in [0.1, 0.15) is 23.0 Å². The summed E-state index contributed by atoms with van der Waals surface area (Å²) in [6.07, 6.45) is 7.29. The zero-order chi connectivity index (χ0) is 22.3. The van der Waals surface area contributed by atoms with E-state index in [0.717, 1.165) is 5.56 Å². The largest absolute Gasteiger partial charge is 0.494 e. The fourth-order valence-corrected chi connectivity index (χ4v) is 3.77. The minimum absolute atomic E-state index is 0.515. The highest BCUT2D eigenvalue weighted by atomic mass is 35.5. The van der Waals surface area contributed by atoms with E-state index >= 15 is 0 Å². The number of methoxy groups -OCH3 is 2. The van der Waals surface area contributed by atoms with Gasteiger partial charge in [-0.15, -0.1) is 10.2 Å². The minimum atomic E-state index is 0.515. The van der Waals surface area contributed by atoms with E-state index in [2.05, 4.69) is 29.9 Å². The van der Waals surface area contributed by atoms with E-state index < -0.39 is 0 Å². The van der Waals surface area contributed by atoms with Gasteiger partial charge in [0.15, 0.2) is 5.82 Å². The van der Waals surface area contributed by atoms with Crippen LogP contribution >= 0.6 is 23.5 Å². The first kappa shape index (κ1) is 21.8. The number of aryl methyl sites for hydroxylation is 1. The molecule has 4 aromatic rings. The topological polar surface area (TPSA) is 99.9 Å². The van der Waals surface area contributed by atoms with Crippen LogP contribution in [0.25, 0.3) is 17.1 Å². The lowest BCUT2D eigenvalue weighted by Gasteiger charge is -2.17. The van der Waals surface area contributed by atoms with E-state index in [-0.39, 0.29) is 0 Å². The molecule has 0 aliphatic rings. The number of para-hydroxylation sites is 1. The summed E-state index contributed by atoms with van der Waals surface area (Å²) in [7, 11) is 3.22. The molecule has 0 saturated carbocycles. The van der Waals surface area contributed by atoms with E-state index in [4.69, 9.17) is 21.1 Å². The lowest BCUT2D eigenvalue weighted by Crippen LogP contribution is -2.07. The number of pyridine rings is 1. The molecule has 1 N–H and O–H groups in total. The van der Waals surface area contributed by atoms with Gasteiger partial charge in [-0.25, -0.2) is 9.97 Å². The molecule has 1 aromatic carbocycles. The zero-order valence-electron chi connectivity index (χ0n) is 17.4. The molecular weight excluding hydrogens is 450 g/mol. The van der Waals surface area contributed by atoms with Crippen molar-refractivity contribution in [3.05, 3.63) is 66.0 Å². The first-order valence-electron chi connectivity index (χ1n) is 9.62. The average Bonchev–Trinajstić information content (AvgIpc) is 3.26. The molecule has 0 aliphatic heterocycles. The van der Waals surface area contributed by atoms with Crippen LogP contribution in [-0.4, -0.2) is 49.7 Å². The Hall–Kier alpha value is -3.37. The first-order valence-corrected chi connectivity index (χ1v) is 11.0. The molecule has 3 aromatic heterocycles. The number of anilines is 1. The van der Waals surface area contributed by atoms with Crippen LogP contribution in [0.4, 0.5) is 5.95 Å². The second-order valence-electron chi connectivity index (χ2n) is 6.45. The highest BCUT2D eigenvalue weighted by molar-refractivity contribution is 8.00. The minimum Gasteiger partial charge on any atom is -0.494 e. The standard InChI is InChI=1S/C21H20ClN7O2S/c1-30-16-6-3-7-17(31-2)19(16)29-20(14-5-4-9-23-11-14)26-27-21(29)28-32-10-8-18-24-12-15(22)13-25-18/h3-7,9,11-13H,8,10H2,1-2H3,(H,27,28). The predicted molar refractivity (Wildman–Crippen MR) is 125 cm³/mol. The molecule has 0 saturated heterocycles. The summed E-state index contributed by atoms with van der Waals surface area (Å²) in [5, 5.41) is 9.29. The highest BCUT2D eigenvalue weighted by Gasteiger charge is 2.22. The summed E-state index contributed by atoms with van der Waals surface area (Å²) in [4.78, 5) is 12.7. The van der Waals surface area contributed by atoms with Crippen LogP contribution in [0.15, 0.2) is 55.1 Å². The Balaban J connectivity index is 1.65. The van der Waals surface area contributed by atoms with Gasteiger partial charge < -0.3 is 9.47 Å². The maximum absolute atomic E-state index is 5.85. The zero-order valence-corrected chi connectivity index (χ0v) is 19.0. The average molecular weight is 470 g/mol. The molecule has 4 rings (SSSR count). The third-order valence-corrected chi connectivity index (χ3v) is 5.40. The second kappa shape index (κ2) is 10.3. The van der Waals surface area contributed by atoms with Crippen molar-refractivity contribution in [2.75, 3.05) is 24.7 Å². The summed E-state index contributed by atoms with van der Waals surface area (Å²) in [6, 6.07) is 9.36. The number of nitrogens with one attached hydrogen (secondary N) is 1. The number of hydrogen-bond acceptors (Lipinski definition) is 9. The smallest absolute Gasteiger partial charge is 0.239 e. The van der Waals surface area contributed by atoms with Crippen LogP contribution in [-0.2, 0) is 6.42 Å². The lowest BCUT2D eigenvalue weighted by molar-refractivity contribution is 0.391. The molecule has 0 unspecified atom stereocenters. The van der Waals surface area contributed by atoms with Crippen molar-refractivity contribution >= 4 is 29.5 Å². The van der Waals surface area contributed by atoms with Crippen LogP contribution in [0.1, 0.15) is 5.82 Å². The summed E-state index contributed by atoms with van der Waals surface area (Å²) in [5.41, 5.74) is 1.49. The first-order chi connectivity index (χ1) is 15.7. The second-order valence-corrected chi connectivity index (χ2v) is 7.79. The van der Waals surface area contributed by atoms with Gasteiger partial charge in [-0.3, -0.25) is 14.3 Å². The molecule has 0 atom stereocenters. The summed E-state index contributed by atoms with van der Waals surface area (Å²) in [5.74, 6) is 3.79. The number of hydrogen-bond donors (Lipinski definition) is 1. The number of nitrogens with zero attached hydrogens (tertiary/aromatic N) is 6. The monoisotopic (exact) mass is 469 g/mol. The lowest BCUT2D eigenvalue weighted by atomic mass is 10.2. The molecule has 3 heterocycles. The van der Waals surface area contributed by atoms with Crippen molar-refractivity contribution in [2.45, 2.75) is 6.42 Å². The Bertz CT molecular complexity index is 1150. The molecule has 0 spiro atoms. The van der Waals surface area contributed by atoms with E-state index in [1.807, 2.05) is 34.9 Å². The van der Waals surface area contributed by atoms with E-state index in [1.54, 1.807) is 39.0 Å². The van der Waals surface area contributed by atoms with Crippen LogP contribution in [0.3, 0.4) is 0 Å². The van der Waals surface area contributed by atoms with Gasteiger partial charge >= 0.3 is 0 Å². The third kappa shape index (κ3) is 4.76. The predicted octanol–water partition coefficient (Wildman–Crippen LogP) is 4.09. The molecule has 32 heavy (non-hydrogen) atoms. The molecule has 9 nitrogen and oxygen atoms in total. The molecule has 164 valence electrons. The number of rotatable bonds is 9. The molecule has 0 radical (unpaired) electrons. The molecule has 11 heteroatoms. The van der Waals surface area contributed by atoms with Gasteiger partial charge in [0, 0.05) is 42.5 Å². The van der Waals surface area contributed by atoms with Gasteiger partial charge in [0.05, 0.1) is 19.2 Å². The number of benzene rings is 1. The van der Waals surface area contributed by atoms with Crippen LogP contribution in [0, 0.1) is 0 Å². The van der Waals surface area contributed by atoms with Crippen molar-refractivity contribution in [3.8, 4) is 28.6 Å². The van der Waals surface area contributed by atoms with Gasteiger partial charge in [-0.2, -0.15) is 0 Å². The Labute approximate surface area is 194 Å². The van der Waals surface area contributed by atoms with Gasteiger partial charge in [-0.05, 0) is 36.2 Å². The van der Waals surface area contributed by atoms with Crippen molar-refractivity contribution < 1.29 is 9.47 Å². The van der Waals surface area contributed by atoms with Crippen LogP contribution < -0.4 is 14.2 Å². The molecular formula is C21H20ClN7O2S. The summed E-state index contributed by atoms with van der Waals surface area (Å²) in [6.45, 7) is 0. The molecule has 0 bridgehead atoms. The Kier molecular flexibility index (Phi) is 7.03. The molecule has 0 aliphatic carbocycles. The van der Waals surface area contributed by atoms with Gasteiger partial charge in [-0.1, -0.05) is 17.7 Å². The van der Waals surface area contributed by atoms with E-state index in [1.165, 1.54) is 11.9 Å². The highest BCUT2D eigenvalue weighted by Crippen LogP contribution is 2.37. The summed E-state index contributed by atoms with van der Waals surface area (Å²) < 4.78 is 16.4. The van der Waals surface area contributed by atoms with Crippen LogP contribution in [0.5, 0.6) is 11.5 Å². The number of ether oxygens (including phenoxy) is 2. The van der Waals surface area contributed by atoms with Crippen molar-refractivity contribution in [2.24, 2.45) is 0 Å². The van der Waals surface area contributed by atoms with Crippen LogP contribution in [0.2, 0.25) is 5.02 Å².